The minimum absolute atomic E-state index is 0.262. The third-order valence-electron chi connectivity index (χ3n) is 3.75. The SMILES string of the molecule is CN(CCc1cccnc1)C(=O)CC1CCCNC1. The fraction of sp³-hybridized carbons (Fsp3) is 0.600. The molecule has 1 aromatic rings. The number of rotatable bonds is 5. The monoisotopic (exact) mass is 261 g/mol. The van der Waals surface area contributed by atoms with Gasteiger partial charge in [0.05, 0.1) is 0 Å². The second-order valence-corrected chi connectivity index (χ2v) is 5.34. The molecule has 4 nitrogen and oxygen atoms in total. The first-order valence-corrected chi connectivity index (χ1v) is 7.09. The summed E-state index contributed by atoms with van der Waals surface area (Å²) in [4.78, 5) is 18.1. The Bertz CT molecular complexity index is 388. The molecule has 0 saturated carbocycles. The standard InChI is InChI=1S/C15H23N3O/c1-18(9-6-13-4-2-7-16-11-13)15(19)10-14-5-3-8-17-12-14/h2,4,7,11,14,17H,3,5-6,8-10,12H2,1H3. The lowest BCUT2D eigenvalue weighted by Gasteiger charge is -2.25. The van der Waals surface area contributed by atoms with Gasteiger partial charge in [0.25, 0.3) is 0 Å². The van der Waals surface area contributed by atoms with Gasteiger partial charge in [0, 0.05) is 32.4 Å². The van der Waals surface area contributed by atoms with E-state index >= 15 is 0 Å². The highest BCUT2D eigenvalue weighted by molar-refractivity contribution is 5.76. The van der Waals surface area contributed by atoms with Crippen LogP contribution in [-0.2, 0) is 11.2 Å². The molecule has 1 fully saturated rings. The van der Waals surface area contributed by atoms with Crippen molar-refractivity contribution < 1.29 is 4.79 Å². The van der Waals surface area contributed by atoms with E-state index in [1.807, 2.05) is 24.2 Å². The quantitative estimate of drug-likeness (QED) is 0.873. The van der Waals surface area contributed by atoms with Crippen molar-refractivity contribution in [2.75, 3.05) is 26.7 Å². The van der Waals surface area contributed by atoms with Crippen molar-refractivity contribution in [3.8, 4) is 0 Å². The van der Waals surface area contributed by atoms with Crippen molar-refractivity contribution in [3.05, 3.63) is 30.1 Å². The minimum Gasteiger partial charge on any atom is -0.345 e. The Morgan fingerprint density at radius 1 is 1.58 bits per heavy atom. The van der Waals surface area contributed by atoms with E-state index in [2.05, 4.69) is 16.4 Å². The van der Waals surface area contributed by atoms with Gasteiger partial charge in [-0.25, -0.2) is 0 Å². The molecule has 1 atom stereocenters. The van der Waals surface area contributed by atoms with E-state index < -0.39 is 0 Å². The largest absolute Gasteiger partial charge is 0.345 e. The predicted molar refractivity (Wildman–Crippen MR) is 75.8 cm³/mol. The number of amides is 1. The van der Waals surface area contributed by atoms with Gasteiger partial charge in [-0.15, -0.1) is 0 Å². The van der Waals surface area contributed by atoms with Crippen LogP contribution in [0.15, 0.2) is 24.5 Å². The molecule has 0 spiro atoms. The first kappa shape index (κ1) is 14.0. The smallest absolute Gasteiger partial charge is 0.222 e. The van der Waals surface area contributed by atoms with Crippen molar-refractivity contribution >= 4 is 5.91 Å². The molecule has 1 aromatic heterocycles. The van der Waals surface area contributed by atoms with Gasteiger partial charge in [-0.3, -0.25) is 9.78 Å². The third-order valence-corrected chi connectivity index (χ3v) is 3.75. The highest BCUT2D eigenvalue weighted by Gasteiger charge is 2.18. The van der Waals surface area contributed by atoms with Crippen LogP contribution in [0.3, 0.4) is 0 Å². The number of aromatic nitrogens is 1. The molecule has 0 bridgehead atoms. The molecule has 19 heavy (non-hydrogen) atoms. The van der Waals surface area contributed by atoms with E-state index in [0.717, 1.165) is 26.1 Å². The zero-order chi connectivity index (χ0) is 13.5. The minimum atomic E-state index is 0.262. The van der Waals surface area contributed by atoms with Gasteiger partial charge in [-0.05, 0) is 49.9 Å². The number of pyridine rings is 1. The Hall–Kier alpha value is -1.42. The van der Waals surface area contributed by atoms with Crippen molar-refractivity contribution in [2.45, 2.75) is 25.7 Å². The molecule has 1 saturated heterocycles. The maximum Gasteiger partial charge on any atom is 0.222 e. The molecule has 1 aliphatic rings. The summed E-state index contributed by atoms with van der Waals surface area (Å²) in [6.07, 6.45) is 7.56. The molecule has 1 N–H and O–H groups in total. The average Bonchev–Trinajstić information content (AvgIpc) is 2.47. The Labute approximate surface area is 115 Å². The van der Waals surface area contributed by atoms with Crippen molar-refractivity contribution in [2.24, 2.45) is 5.92 Å². The molecule has 104 valence electrons. The summed E-state index contributed by atoms with van der Waals surface area (Å²) in [6, 6.07) is 3.99. The van der Waals surface area contributed by atoms with E-state index in [0.29, 0.717) is 12.3 Å². The van der Waals surface area contributed by atoms with Crippen LogP contribution in [-0.4, -0.2) is 42.5 Å². The maximum absolute atomic E-state index is 12.1. The van der Waals surface area contributed by atoms with Crippen molar-refractivity contribution in [1.82, 2.24) is 15.2 Å². The van der Waals surface area contributed by atoms with E-state index in [4.69, 9.17) is 0 Å². The summed E-state index contributed by atoms with van der Waals surface area (Å²) in [6.45, 7) is 2.86. The lowest BCUT2D eigenvalue weighted by atomic mass is 9.95. The Morgan fingerprint density at radius 3 is 3.16 bits per heavy atom. The van der Waals surface area contributed by atoms with Crippen LogP contribution >= 0.6 is 0 Å². The Kier molecular flexibility index (Phi) is 5.33. The molecule has 2 heterocycles. The van der Waals surface area contributed by atoms with Crippen LogP contribution < -0.4 is 5.32 Å². The molecule has 1 unspecified atom stereocenters. The summed E-state index contributed by atoms with van der Waals surface area (Å²) < 4.78 is 0. The topological polar surface area (TPSA) is 45.2 Å². The molecule has 0 aliphatic carbocycles. The third kappa shape index (κ3) is 4.63. The second kappa shape index (κ2) is 7.24. The number of carbonyl (C=O) groups excluding carboxylic acids is 1. The summed E-state index contributed by atoms with van der Waals surface area (Å²) in [7, 11) is 1.90. The van der Waals surface area contributed by atoms with Gasteiger partial charge in [-0.1, -0.05) is 6.07 Å². The Morgan fingerprint density at radius 2 is 2.47 bits per heavy atom. The molecule has 1 aliphatic heterocycles. The first-order chi connectivity index (χ1) is 9.25. The van der Waals surface area contributed by atoms with Gasteiger partial charge in [-0.2, -0.15) is 0 Å². The zero-order valence-corrected chi connectivity index (χ0v) is 11.6. The van der Waals surface area contributed by atoms with Crippen LogP contribution in [0.2, 0.25) is 0 Å². The van der Waals surface area contributed by atoms with Gasteiger partial charge in [0.2, 0.25) is 5.91 Å². The average molecular weight is 261 g/mol. The normalized spacial score (nSPS) is 19.1. The van der Waals surface area contributed by atoms with Crippen molar-refractivity contribution in [1.29, 1.82) is 0 Å². The second-order valence-electron chi connectivity index (χ2n) is 5.34. The maximum atomic E-state index is 12.1. The molecular weight excluding hydrogens is 238 g/mol. The number of carbonyl (C=O) groups is 1. The summed E-state index contributed by atoms with van der Waals surface area (Å²) in [5.74, 6) is 0.777. The fourth-order valence-corrected chi connectivity index (χ4v) is 2.47. The summed E-state index contributed by atoms with van der Waals surface area (Å²) in [5.41, 5.74) is 1.18. The van der Waals surface area contributed by atoms with E-state index in [1.54, 1.807) is 6.20 Å². The first-order valence-electron chi connectivity index (χ1n) is 7.09. The van der Waals surface area contributed by atoms with E-state index in [-0.39, 0.29) is 5.91 Å². The van der Waals surface area contributed by atoms with Crippen LogP contribution in [0.1, 0.15) is 24.8 Å². The Balaban J connectivity index is 1.72. The molecule has 0 radical (unpaired) electrons. The lowest BCUT2D eigenvalue weighted by molar-refractivity contribution is -0.131. The molecule has 2 rings (SSSR count). The van der Waals surface area contributed by atoms with Gasteiger partial charge in [0.15, 0.2) is 0 Å². The van der Waals surface area contributed by atoms with Crippen molar-refractivity contribution in [3.63, 3.8) is 0 Å². The molecular formula is C15H23N3O. The van der Waals surface area contributed by atoms with Gasteiger partial charge < -0.3 is 10.2 Å². The van der Waals surface area contributed by atoms with E-state index in [1.165, 1.54) is 18.4 Å². The predicted octanol–water partition coefficient (Wildman–Crippen LogP) is 1.47. The number of likely N-dealkylation sites (N-methyl/N-ethyl adjacent to an activating group) is 1. The van der Waals surface area contributed by atoms with Crippen LogP contribution in [0.25, 0.3) is 0 Å². The number of hydrogen-bond acceptors (Lipinski definition) is 3. The van der Waals surface area contributed by atoms with Gasteiger partial charge >= 0.3 is 0 Å². The van der Waals surface area contributed by atoms with Crippen LogP contribution in [0, 0.1) is 5.92 Å². The lowest BCUT2D eigenvalue weighted by Crippen LogP contribution is -2.35. The molecule has 0 aromatic carbocycles. The van der Waals surface area contributed by atoms with Gasteiger partial charge in [0.1, 0.15) is 0 Å². The summed E-state index contributed by atoms with van der Waals surface area (Å²) >= 11 is 0. The number of nitrogens with zero attached hydrogens (tertiary/aromatic N) is 2. The number of nitrogens with one attached hydrogen (secondary N) is 1. The molecule has 1 amide bonds. The molecule has 4 heteroatoms. The number of hydrogen-bond donors (Lipinski definition) is 1. The number of piperidine rings is 1. The van der Waals surface area contributed by atoms with E-state index in [9.17, 15) is 4.79 Å². The highest BCUT2D eigenvalue weighted by atomic mass is 16.2. The highest BCUT2D eigenvalue weighted by Crippen LogP contribution is 2.15. The summed E-state index contributed by atoms with van der Waals surface area (Å²) in [5, 5.41) is 3.36. The zero-order valence-electron chi connectivity index (χ0n) is 11.6. The van der Waals surface area contributed by atoms with Crippen LogP contribution in [0.4, 0.5) is 0 Å². The van der Waals surface area contributed by atoms with Crippen LogP contribution in [0.5, 0.6) is 0 Å². The fourth-order valence-electron chi connectivity index (χ4n) is 2.47.